The van der Waals surface area contributed by atoms with Gasteiger partial charge in [-0.05, 0) is 32.0 Å². The summed E-state index contributed by atoms with van der Waals surface area (Å²) >= 11 is 0. The van der Waals surface area contributed by atoms with Crippen LogP contribution in [0.15, 0.2) is 18.2 Å². The second kappa shape index (κ2) is 7.74. The van der Waals surface area contributed by atoms with Gasteiger partial charge in [-0.15, -0.1) is 0 Å². The predicted molar refractivity (Wildman–Crippen MR) is 86.4 cm³/mol. The highest BCUT2D eigenvalue weighted by Gasteiger charge is 2.35. The van der Waals surface area contributed by atoms with Crippen LogP contribution >= 0.6 is 0 Å². The molecule has 1 heterocycles. The molecule has 1 fully saturated rings. The Balaban J connectivity index is 2.28. The average Bonchev–Trinajstić information content (AvgIpc) is 2.56. The van der Waals surface area contributed by atoms with Crippen LogP contribution in [0.25, 0.3) is 0 Å². The van der Waals surface area contributed by atoms with Crippen molar-refractivity contribution < 1.29 is 22.7 Å². The third-order valence-corrected chi connectivity index (χ3v) is 3.98. The number of nitrogens with one attached hydrogen (secondary N) is 1. The van der Waals surface area contributed by atoms with Crippen LogP contribution in [0.2, 0.25) is 0 Å². The third-order valence-electron chi connectivity index (χ3n) is 3.98. The van der Waals surface area contributed by atoms with E-state index in [0.29, 0.717) is 45.1 Å². The lowest BCUT2D eigenvalue weighted by Gasteiger charge is -2.30. The number of carbonyl (C=O) groups is 1. The van der Waals surface area contributed by atoms with Gasteiger partial charge in [0, 0.05) is 31.9 Å². The van der Waals surface area contributed by atoms with Gasteiger partial charge in [-0.3, -0.25) is 0 Å². The fourth-order valence-corrected chi connectivity index (χ4v) is 2.60. The molecule has 5 nitrogen and oxygen atoms in total. The number of hydrogen-bond acceptors (Lipinski definition) is 3. The predicted octanol–water partition coefficient (Wildman–Crippen LogP) is 3.42. The molecule has 0 atom stereocenters. The molecule has 1 aliphatic heterocycles. The Kier molecular flexibility index (Phi) is 5.93. The number of carbonyl (C=O) groups excluding carboxylic acids is 1. The Morgan fingerprint density at radius 3 is 2.42 bits per heavy atom. The molecule has 2 amide bonds. The number of nitrogens with zero attached hydrogens (tertiary/aromatic N) is 2. The molecule has 0 saturated carbocycles. The smallest absolute Gasteiger partial charge is 0.378 e. The maximum Gasteiger partial charge on any atom is 0.418 e. The lowest BCUT2D eigenvalue weighted by Crippen LogP contribution is -2.36. The summed E-state index contributed by atoms with van der Waals surface area (Å²) in [5.41, 5.74) is -0.588. The number of benzene rings is 1. The first kappa shape index (κ1) is 18.4. The minimum atomic E-state index is -4.55. The SMILES string of the molecule is CCN(CC)C(=O)Nc1ccc(N2CCOCC2)cc1C(F)(F)F. The monoisotopic (exact) mass is 345 g/mol. The fourth-order valence-electron chi connectivity index (χ4n) is 2.60. The molecule has 1 aromatic rings. The van der Waals surface area contributed by atoms with E-state index in [0.717, 1.165) is 6.07 Å². The zero-order valence-corrected chi connectivity index (χ0v) is 13.8. The molecular formula is C16H22F3N3O2. The standard InChI is InChI=1S/C16H22F3N3O2/c1-3-21(4-2)15(23)20-14-6-5-12(11-13(14)16(17,18)19)22-7-9-24-10-8-22/h5-6,11H,3-4,7-10H2,1-2H3,(H,20,23). The zero-order chi connectivity index (χ0) is 17.7. The van der Waals surface area contributed by atoms with Gasteiger partial charge < -0.3 is 19.9 Å². The molecule has 2 rings (SSSR count). The van der Waals surface area contributed by atoms with Crippen molar-refractivity contribution >= 4 is 17.4 Å². The molecule has 1 N–H and O–H groups in total. The first-order valence-corrected chi connectivity index (χ1v) is 7.96. The summed E-state index contributed by atoms with van der Waals surface area (Å²) in [4.78, 5) is 15.3. The van der Waals surface area contributed by atoms with Gasteiger partial charge in [-0.1, -0.05) is 0 Å². The minimum absolute atomic E-state index is 0.226. The molecule has 134 valence electrons. The number of hydrogen-bond donors (Lipinski definition) is 1. The molecule has 1 saturated heterocycles. The van der Waals surface area contributed by atoms with E-state index >= 15 is 0 Å². The van der Waals surface area contributed by atoms with Crippen LogP contribution in [0.3, 0.4) is 0 Å². The normalized spacial score (nSPS) is 15.3. The number of ether oxygens (including phenoxy) is 1. The quantitative estimate of drug-likeness (QED) is 0.909. The van der Waals surface area contributed by atoms with Gasteiger partial charge in [-0.25, -0.2) is 4.79 Å². The van der Waals surface area contributed by atoms with E-state index in [4.69, 9.17) is 4.74 Å². The Hall–Kier alpha value is -1.96. The third kappa shape index (κ3) is 4.31. The molecule has 1 aromatic carbocycles. The molecule has 0 bridgehead atoms. The molecular weight excluding hydrogens is 323 g/mol. The number of anilines is 2. The topological polar surface area (TPSA) is 44.8 Å². The summed E-state index contributed by atoms with van der Waals surface area (Å²) < 4.78 is 45.4. The van der Waals surface area contributed by atoms with Gasteiger partial charge in [0.1, 0.15) is 0 Å². The van der Waals surface area contributed by atoms with Crippen molar-refractivity contribution in [3.8, 4) is 0 Å². The van der Waals surface area contributed by atoms with E-state index in [9.17, 15) is 18.0 Å². The van der Waals surface area contributed by atoms with Gasteiger partial charge in [0.15, 0.2) is 0 Å². The Labute approximate surface area is 139 Å². The average molecular weight is 345 g/mol. The second-order valence-corrected chi connectivity index (χ2v) is 5.43. The minimum Gasteiger partial charge on any atom is -0.378 e. The van der Waals surface area contributed by atoms with Gasteiger partial charge in [-0.2, -0.15) is 13.2 Å². The Bertz CT molecular complexity index is 568. The summed E-state index contributed by atoms with van der Waals surface area (Å²) in [5, 5.41) is 2.37. The van der Waals surface area contributed by atoms with E-state index in [2.05, 4.69) is 5.32 Å². The van der Waals surface area contributed by atoms with Crippen LogP contribution in [0.4, 0.5) is 29.3 Å². The second-order valence-electron chi connectivity index (χ2n) is 5.43. The summed E-state index contributed by atoms with van der Waals surface area (Å²) in [6, 6.07) is 3.46. The van der Waals surface area contributed by atoms with Crippen molar-refractivity contribution in [2.75, 3.05) is 49.6 Å². The largest absolute Gasteiger partial charge is 0.418 e. The van der Waals surface area contributed by atoms with Crippen molar-refractivity contribution in [3.05, 3.63) is 23.8 Å². The number of morpholine rings is 1. The van der Waals surface area contributed by atoms with Crippen LogP contribution in [0.5, 0.6) is 0 Å². The highest BCUT2D eigenvalue weighted by atomic mass is 19.4. The highest BCUT2D eigenvalue weighted by molar-refractivity contribution is 5.90. The molecule has 0 aromatic heterocycles. The van der Waals surface area contributed by atoms with Crippen LogP contribution in [0, 0.1) is 0 Å². The van der Waals surface area contributed by atoms with Gasteiger partial charge in [0.05, 0.1) is 24.5 Å². The van der Waals surface area contributed by atoms with Crippen LogP contribution in [-0.2, 0) is 10.9 Å². The number of alkyl halides is 3. The van der Waals surface area contributed by atoms with Crippen LogP contribution in [-0.4, -0.2) is 50.3 Å². The van der Waals surface area contributed by atoms with Crippen molar-refractivity contribution in [2.45, 2.75) is 20.0 Å². The van der Waals surface area contributed by atoms with Crippen molar-refractivity contribution in [1.82, 2.24) is 4.90 Å². The molecule has 24 heavy (non-hydrogen) atoms. The summed E-state index contributed by atoms with van der Waals surface area (Å²) in [5.74, 6) is 0. The van der Waals surface area contributed by atoms with Crippen LogP contribution < -0.4 is 10.2 Å². The number of urea groups is 1. The molecule has 0 spiro atoms. The summed E-state index contributed by atoms with van der Waals surface area (Å²) in [7, 11) is 0. The highest BCUT2D eigenvalue weighted by Crippen LogP contribution is 2.37. The molecule has 8 heteroatoms. The molecule has 0 radical (unpaired) electrons. The molecule has 1 aliphatic rings. The Morgan fingerprint density at radius 2 is 1.88 bits per heavy atom. The van der Waals surface area contributed by atoms with E-state index in [1.165, 1.54) is 11.0 Å². The van der Waals surface area contributed by atoms with Gasteiger partial charge in [0.2, 0.25) is 0 Å². The number of halogens is 3. The lowest BCUT2D eigenvalue weighted by molar-refractivity contribution is -0.136. The first-order valence-electron chi connectivity index (χ1n) is 7.96. The van der Waals surface area contributed by atoms with Gasteiger partial charge >= 0.3 is 12.2 Å². The van der Waals surface area contributed by atoms with Crippen molar-refractivity contribution in [1.29, 1.82) is 0 Å². The van der Waals surface area contributed by atoms with E-state index in [1.54, 1.807) is 19.9 Å². The fraction of sp³-hybridized carbons (Fsp3) is 0.562. The summed E-state index contributed by atoms with van der Waals surface area (Å²) in [6.45, 7) is 6.46. The van der Waals surface area contributed by atoms with Gasteiger partial charge in [0.25, 0.3) is 0 Å². The van der Waals surface area contributed by atoms with Crippen LogP contribution in [0.1, 0.15) is 19.4 Å². The number of amides is 2. The van der Waals surface area contributed by atoms with E-state index < -0.39 is 17.8 Å². The van der Waals surface area contributed by atoms with Crippen molar-refractivity contribution in [2.24, 2.45) is 0 Å². The Morgan fingerprint density at radius 1 is 1.25 bits per heavy atom. The maximum atomic E-state index is 13.4. The maximum absolute atomic E-state index is 13.4. The van der Waals surface area contributed by atoms with E-state index in [-0.39, 0.29) is 5.69 Å². The summed E-state index contributed by atoms with van der Waals surface area (Å²) in [6.07, 6.45) is -4.55. The number of rotatable bonds is 4. The first-order chi connectivity index (χ1) is 11.4. The van der Waals surface area contributed by atoms with Crippen molar-refractivity contribution in [3.63, 3.8) is 0 Å². The molecule has 0 unspecified atom stereocenters. The molecule has 0 aliphatic carbocycles. The zero-order valence-electron chi connectivity index (χ0n) is 13.8. The lowest BCUT2D eigenvalue weighted by atomic mass is 10.1. The van der Waals surface area contributed by atoms with E-state index in [1.807, 2.05) is 4.90 Å².